The molecule has 15 nitrogen and oxygen atoms in total. The number of aryl methyl sites for hydroxylation is 1. The molecule has 51 heavy (non-hydrogen) atoms. The number of hydrogen-bond donors (Lipinski definition) is 4. The van der Waals surface area contributed by atoms with E-state index in [1.54, 1.807) is 55.6 Å². The monoisotopic (exact) mass is 716 g/mol. The maximum atomic E-state index is 15.4. The Morgan fingerprint density at radius 1 is 1.10 bits per heavy atom. The summed E-state index contributed by atoms with van der Waals surface area (Å²) < 4.78 is 37.3. The fraction of sp³-hybridized carbons (Fsp3) is 0.147. The highest BCUT2D eigenvalue weighted by Gasteiger charge is 2.34. The van der Waals surface area contributed by atoms with Crippen LogP contribution in [0, 0.1) is 5.82 Å². The van der Waals surface area contributed by atoms with E-state index in [4.69, 9.17) is 24.7 Å². The van der Waals surface area contributed by atoms with Crippen LogP contribution < -0.4 is 37.9 Å². The minimum Gasteiger partial charge on any atom is -0.467 e. The van der Waals surface area contributed by atoms with E-state index in [1.165, 1.54) is 59.7 Å². The molecule has 1 amide bonds. The van der Waals surface area contributed by atoms with Crippen molar-refractivity contribution in [2.45, 2.75) is 17.4 Å². The molecule has 0 radical (unpaired) electrons. The van der Waals surface area contributed by atoms with E-state index in [0.29, 0.717) is 32.7 Å². The number of nitrogens with zero attached hydrogens (tertiary/aromatic N) is 4. The number of hydrazine groups is 1. The molecule has 3 heterocycles. The fourth-order valence-electron chi connectivity index (χ4n) is 5.40. The molecule has 1 saturated heterocycles. The van der Waals surface area contributed by atoms with Crippen LogP contribution in [-0.4, -0.2) is 45.9 Å². The molecule has 0 spiro atoms. The third-order valence-corrected chi connectivity index (χ3v) is 10.3. The highest BCUT2D eigenvalue weighted by molar-refractivity contribution is 8.27. The summed E-state index contributed by atoms with van der Waals surface area (Å²) in [6.07, 6.45) is 5.67. The van der Waals surface area contributed by atoms with E-state index in [0.717, 1.165) is 10.6 Å². The lowest BCUT2D eigenvalue weighted by Gasteiger charge is -2.50. The summed E-state index contributed by atoms with van der Waals surface area (Å²) in [6.45, 7) is 0.0297. The largest absolute Gasteiger partial charge is 0.467 e. The fourth-order valence-corrected chi connectivity index (χ4v) is 7.13. The number of esters is 1. The molecule has 2 aromatic heterocycles. The number of carbonyl (C=O) groups excluding carboxylic acids is 2. The number of amides is 1. The van der Waals surface area contributed by atoms with Gasteiger partial charge in [-0.2, -0.15) is 0 Å². The number of halogens is 1. The molecule has 1 fully saturated rings. The van der Waals surface area contributed by atoms with Crippen molar-refractivity contribution in [1.29, 1.82) is 0 Å². The van der Waals surface area contributed by atoms with Gasteiger partial charge in [0.05, 0.1) is 51.7 Å². The number of benzene rings is 3. The Balaban J connectivity index is 1.16. The number of pyridine rings is 1. The van der Waals surface area contributed by atoms with E-state index >= 15 is 4.39 Å². The van der Waals surface area contributed by atoms with Gasteiger partial charge >= 0.3 is 11.7 Å². The summed E-state index contributed by atoms with van der Waals surface area (Å²) in [5, 5.41) is 4.20. The molecule has 5 aromatic rings. The van der Waals surface area contributed by atoms with Crippen LogP contribution in [0.25, 0.3) is 16.6 Å². The number of nitrogens with one attached hydrogen (secondary N) is 2. The van der Waals surface area contributed by atoms with Gasteiger partial charge in [-0.15, -0.1) is 0 Å². The van der Waals surface area contributed by atoms with Crippen LogP contribution in [0.2, 0.25) is 0 Å². The van der Waals surface area contributed by atoms with Gasteiger partial charge in [0.2, 0.25) is 0 Å². The minimum atomic E-state index is -2.46. The van der Waals surface area contributed by atoms with E-state index < -0.39 is 45.8 Å². The van der Waals surface area contributed by atoms with Crippen molar-refractivity contribution in [2.24, 2.45) is 18.6 Å². The summed E-state index contributed by atoms with van der Waals surface area (Å²) in [4.78, 5) is 56.8. The second-order valence-corrected chi connectivity index (χ2v) is 13.3. The van der Waals surface area contributed by atoms with Crippen molar-refractivity contribution in [3.8, 4) is 5.69 Å². The van der Waals surface area contributed by atoms with E-state index in [2.05, 4.69) is 15.0 Å². The van der Waals surface area contributed by atoms with Crippen LogP contribution in [0.3, 0.4) is 0 Å². The summed E-state index contributed by atoms with van der Waals surface area (Å²) >= 11 is 0. The smallest absolute Gasteiger partial charge is 0.335 e. The first-order valence-corrected chi connectivity index (χ1v) is 16.8. The molecule has 6 rings (SSSR count). The average Bonchev–Trinajstić information content (AvgIpc) is 3.12. The zero-order chi connectivity index (χ0) is 36.3. The summed E-state index contributed by atoms with van der Waals surface area (Å²) in [7, 11) is 0.253. The molecule has 6 N–H and O–H groups in total. The Kier molecular flexibility index (Phi) is 9.88. The molecule has 0 aliphatic carbocycles. The lowest BCUT2D eigenvalue weighted by atomic mass is 10.0. The van der Waals surface area contributed by atoms with Crippen LogP contribution in [0.15, 0.2) is 112 Å². The SMILES string of the molecule is COC(=O)[C@H](Cc1ccc(-n2c(=O)c3ccncc3n(C)c2=O)cc1)NC(=O)c1ccc(NS2(c3ccc(N(N)/C=C\N)cc3)OCO2)cc1F. The summed E-state index contributed by atoms with van der Waals surface area (Å²) in [6, 6.07) is 17.5. The van der Waals surface area contributed by atoms with Gasteiger partial charge in [-0.05, 0) is 66.2 Å². The number of hydrogen-bond acceptors (Lipinski definition) is 12. The van der Waals surface area contributed by atoms with Gasteiger partial charge in [0.15, 0.2) is 6.79 Å². The molecular weight excluding hydrogens is 683 g/mol. The third-order valence-electron chi connectivity index (χ3n) is 8.08. The summed E-state index contributed by atoms with van der Waals surface area (Å²) in [5.74, 6) is 3.44. The van der Waals surface area contributed by atoms with Gasteiger partial charge in [-0.1, -0.05) is 22.9 Å². The van der Waals surface area contributed by atoms with Crippen LogP contribution in [0.5, 0.6) is 0 Å². The van der Waals surface area contributed by atoms with Crippen LogP contribution in [0.4, 0.5) is 15.8 Å². The molecule has 0 bridgehead atoms. The zero-order valence-electron chi connectivity index (χ0n) is 27.3. The van der Waals surface area contributed by atoms with Gasteiger partial charge < -0.3 is 15.8 Å². The number of carbonyl (C=O) groups is 2. The van der Waals surface area contributed by atoms with Gasteiger partial charge in [0.1, 0.15) is 11.9 Å². The molecule has 1 atom stereocenters. The van der Waals surface area contributed by atoms with E-state index in [-0.39, 0.29) is 24.5 Å². The quantitative estimate of drug-likeness (QED) is 0.0888. The average molecular weight is 717 g/mol. The molecule has 0 saturated carbocycles. The molecule has 3 aromatic carbocycles. The number of aromatic nitrogens is 3. The van der Waals surface area contributed by atoms with Gasteiger partial charge in [-0.25, -0.2) is 32.8 Å². The van der Waals surface area contributed by atoms with Crippen molar-refractivity contribution in [3.05, 3.63) is 135 Å². The number of anilines is 2. The van der Waals surface area contributed by atoms with E-state index in [1.807, 2.05) is 0 Å². The Morgan fingerprint density at radius 3 is 2.45 bits per heavy atom. The number of methoxy groups -OCH3 is 1. The predicted molar refractivity (Wildman–Crippen MR) is 189 cm³/mol. The number of nitrogens with two attached hydrogens (primary N) is 2. The Bertz CT molecular complexity index is 2260. The predicted octanol–water partition coefficient (Wildman–Crippen LogP) is 2.87. The first-order valence-electron chi connectivity index (χ1n) is 15.3. The van der Waals surface area contributed by atoms with Crippen molar-refractivity contribution >= 4 is 44.9 Å². The van der Waals surface area contributed by atoms with Gasteiger partial charge in [0.25, 0.3) is 11.5 Å². The first-order chi connectivity index (χ1) is 24.5. The molecule has 1 aliphatic heterocycles. The number of ether oxygens (including phenoxy) is 1. The van der Waals surface area contributed by atoms with Crippen LogP contribution in [0.1, 0.15) is 15.9 Å². The molecular formula is C34H33FN8O7S. The van der Waals surface area contributed by atoms with Crippen molar-refractivity contribution in [1.82, 2.24) is 19.4 Å². The highest BCUT2D eigenvalue weighted by Crippen LogP contribution is 2.63. The first kappa shape index (κ1) is 34.8. The van der Waals surface area contributed by atoms with Crippen LogP contribution in [-0.2, 0) is 31.4 Å². The van der Waals surface area contributed by atoms with Crippen molar-refractivity contribution < 1.29 is 27.1 Å². The van der Waals surface area contributed by atoms with E-state index in [9.17, 15) is 19.2 Å². The number of rotatable bonds is 11. The minimum absolute atomic E-state index is 0.0278. The van der Waals surface area contributed by atoms with Crippen molar-refractivity contribution in [2.75, 3.05) is 23.6 Å². The Morgan fingerprint density at radius 2 is 1.82 bits per heavy atom. The number of fused-ring (bicyclic) bond motifs is 1. The normalized spacial score (nSPS) is 14.7. The topological polar surface area (TPSA) is 198 Å². The lowest BCUT2D eigenvalue weighted by Crippen LogP contribution is -2.43. The Labute approximate surface area is 291 Å². The standard InChI is InChI=1S/C34H33FN8O7S/c1-41-30-19-38-15-13-27(30)32(45)43(34(41)47)24-6-3-21(4-7-24)17-29(33(46)48-2)39-31(44)26-12-5-22(18-28(26)35)40-51(49-20-50-51)25-10-8-23(9-11-25)42(37)16-14-36/h3-16,18-19,29,40H,17,20,36-37H2,1-2H3,(H,39,44)/b16-14-/t29-/m0/s1. The van der Waals surface area contributed by atoms with Gasteiger partial charge in [-0.3, -0.25) is 28.9 Å². The second kappa shape index (κ2) is 14.5. The maximum absolute atomic E-state index is 15.4. The van der Waals surface area contributed by atoms with Crippen molar-refractivity contribution in [3.63, 3.8) is 0 Å². The molecule has 1 aliphatic rings. The maximum Gasteiger partial charge on any atom is 0.335 e. The zero-order valence-corrected chi connectivity index (χ0v) is 28.1. The molecule has 17 heteroatoms. The lowest BCUT2D eigenvalue weighted by molar-refractivity contribution is -0.142. The molecule has 264 valence electrons. The molecule has 0 unspecified atom stereocenters. The van der Waals surface area contributed by atoms with Gasteiger partial charge in [0, 0.05) is 32.1 Å². The van der Waals surface area contributed by atoms with Crippen LogP contribution >= 0.6 is 10.8 Å². The summed E-state index contributed by atoms with van der Waals surface area (Å²) in [5.41, 5.74) is 6.23. The second-order valence-electron chi connectivity index (χ2n) is 11.2. The highest BCUT2D eigenvalue weighted by atomic mass is 32.3. The Hall–Kier alpha value is -6.01. The third kappa shape index (κ3) is 6.90.